The van der Waals surface area contributed by atoms with Gasteiger partial charge in [0, 0.05) is 19.6 Å². The normalized spacial score (nSPS) is 10.2. The molecule has 3 heteroatoms. The van der Waals surface area contributed by atoms with Crippen LogP contribution in [0.2, 0.25) is 0 Å². The van der Waals surface area contributed by atoms with Crippen molar-refractivity contribution in [3.05, 3.63) is 35.9 Å². The molecule has 0 radical (unpaired) electrons. The monoisotopic (exact) mass is 235 g/mol. The van der Waals surface area contributed by atoms with Crippen molar-refractivity contribution in [2.75, 3.05) is 13.2 Å². The Morgan fingerprint density at radius 2 is 2.06 bits per heavy atom. The third-order valence-corrected chi connectivity index (χ3v) is 2.38. The zero-order chi connectivity index (χ0) is 12.3. The molecule has 0 aliphatic rings. The molecule has 94 valence electrons. The average molecular weight is 235 g/mol. The Hall–Kier alpha value is -1.35. The Bertz CT molecular complexity index is 311. The second-order valence-corrected chi connectivity index (χ2v) is 3.99. The lowest BCUT2D eigenvalue weighted by atomic mass is 10.2. The molecule has 0 aromatic heterocycles. The van der Waals surface area contributed by atoms with Crippen LogP contribution in [0.15, 0.2) is 30.3 Å². The van der Waals surface area contributed by atoms with Gasteiger partial charge in [-0.15, -0.1) is 0 Å². The van der Waals surface area contributed by atoms with E-state index in [4.69, 9.17) is 4.74 Å². The number of hydrogen-bond acceptors (Lipinski definition) is 2. The molecule has 0 aliphatic carbocycles. The van der Waals surface area contributed by atoms with E-state index in [1.807, 2.05) is 37.3 Å². The predicted molar refractivity (Wildman–Crippen MR) is 68.6 cm³/mol. The lowest BCUT2D eigenvalue weighted by Gasteiger charge is -2.05. The summed E-state index contributed by atoms with van der Waals surface area (Å²) in [6.45, 7) is 4.07. The van der Waals surface area contributed by atoms with Crippen LogP contribution in [0, 0.1) is 0 Å². The van der Waals surface area contributed by atoms with Gasteiger partial charge in [-0.2, -0.15) is 0 Å². The molecule has 0 aliphatic heterocycles. The smallest absolute Gasteiger partial charge is 0.220 e. The first-order valence-electron chi connectivity index (χ1n) is 6.21. The molecule has 1 amide bonds. The van der Waals surface area contributed by atoms with E-state index >= 15 is 0 Å². The van der Waals surface area contributed by atoms with E-state index in [2.05, 4.69) is 5.32 Å². The molecule has 0 saturated heterocycles. The van der Waals surface area contributed by atoms with Crippen LogP contribution >= 0.6 is 0 Å². The first kappa shape index (κ1) is 13.7. The maximum Gasteiger partial charge on any atom is 0.220 e. The SMILES string of the molecule is CCCNC(=O)CCCOCc1ccccc1. The van der Waals surface area contributed by atoms with E-state index in [1.54, 1.807) is 0 Å². The molecule has 0 unspecified atom stereocenters. The molecule has 0 saturated carbocycles. The Morgan fingerprint density at radius 3 is 2.76 bits per heavy atom. The molecular formula is C14H21NO2. The Morgan fingerprint density at radius 1 is 1.29 bits per heavy atom. The van der Waals surface area contributed by atoms with Gasteiger partial charge < -0.3 is 10.1 Å². The van der Waals surface area contributed by atoms with Gasteiger partial charge >= 0.3 is 0 Å². The minimum Gasteiger partial charge on any atom is -0.377 e. The molecule has 3 nitrogen and oxygen atoms in total. The van der Waals surface area contributed by atoms with Gasteiger partial charge in [-0.05, 0) is 18.4 Å². The van der Waals surface area contributed by atoms with Crippen LogP contribution in [0.25, 0.3) is 0 Å². The summed E-state index contributed by atoms with van der Waals surface area (Å²) in [6.07, 6.45) is 2.31. The van der Waals surface area contributed by atoms with Crippen molar-refractivity contribution in [1.82, 2.24) is 5.32 Å². The lowest BCUT2D eigenvalue weighted by Crippen LogP contribution is -2.23. The van der Waals surface area contributed by atoms with Crippen molar-refractivity contribution in [3.63, 3.8) is 0 Å². The third kappa shape index (κ3) is 6.74. The fourth-order valence-corrected chi connectivity index (χ4v) is 1.45. The molecular weight excluding hydrogens is 214 g/mol. The van der Waals surface area contributed by atoms with Gasteiger partial charge in [0.05, 0.1) is 6.61 Å². The second kappa shape index (κ2) is 8.76. The highest BCUT2D eigenvalue weighted by Crippen LogP contribution is 2.01. The number of ether oxygens (including phenoxy) is 1. The van der Waals surface area contributed by atoms with Gasteiger partial charge in [0.2, 0.25) is 5.91 Å². The van der Waals surface area contributed by atoms with Gasteiger partial charge in [-0.25, -0.2) is 0 Å². The third-order valence-electron chi connectivity index (χ3n) is 2.38. The van der Waals surface area contributed by atoms with E-state index in [0.29, 0.717) is 19.6 Å². The van der Waals surface area contributed by atoms with Crippen LogP contribution < -0.4 is 5.32 Å². The first-order valence-corrected chi connectivity index (χ1v) is 6.21. The summed E-state index contributed by atoms with van der Waals surface area (Å²) in [6, 6.07) is 10.1. The van der Waals surface area contributed by atoms with Crippen LogP contribution in [0.1, 0.15) is 31.7 Å². The maximum absolute atomic E-state index is 11.3. The second-order valence-electron chi connectivity index (χ2n) is 3.99. The standard InChI is InChI=1S/C14H21NO2/c1-2-10-15-14(16)9-6-11-17-12-13-7-4-3-5-8-13/h3-5,7-8H,2,6,9-12H2,1H3,(H,15,16). The highest BCUT2D eigenvalue weighted by Gasteiger charge is 1.99. The van der Waals surface area contributed by atoms with E-state index in [9.17, 15) is 4.79 Å². The highest BCUT2D eigenvalue weighted by molar-refractivity contribution is 5.75. The number of carbonyl (C=O) groups excluding carboxylic acids is 1. The van der Waals surface area contributed by atoms with E-state index < -0.39 is 0 Å². The number of nitrogens with one attached hydrogen (secondary N) is 1. The number of benzene rings is 1. The molecule has 1 rings (SSSR count). The number of carbonyl (C=O) groups is 1. The Labute approximate surface area is 103 Å². The minimum absolute atomic E-state index is 0.121. The molecule has 1 aromatic carbocycles. The van der Waals surface area contributed by atoms with Crippen molar-refractivity contribution in [2.45, 2.75) is 32.8 Å². The summed E-state index contributed by atoms with van der Waals surface area (Å²) in [5, 5.41) is 2.85. The van der Waals surface area contributed by atoms with Gasteiger partial charge in [0.25, 0.3) is 0 Å². The van der Waals surface area contributed by atoms with Crippen molar-refractivity contribution < 1.29 is 9.53 Å². The van der Waals surface area contributed by atoms with Crippen molar-refractivity contribution in [1.29, 1.82) is 0 Å². The van der Waals surface area contributed by atoms with Crippen LogP contribution in [-0.4, -0.2) is 19.1 Å². The summed E-state index contributed by atoms with van der Waals surface area (Å²) in [7, 11) is 0. The Kier molecular flexibility index (Phi) is 7.07. The summed E-state index contributed by atoms with van der Waals surface area (Å²) in [5.41, 5.74) is 1.17. The average Bonchev–Trinajstić information content (AvgIpc) is 2.37. The van der Waals surface area contributed by atoms with Crippen LogP contribution in [0.3, 0.4) is 0 Å². The summed E-state index contributed by atoms with van der Waals surface area (Å²) in [4.78, 5) is 11.3. The molecule has 0 heterocycles. The molecule has 0 bridgehead atoms. The van der Waals surface area contributed by atoms with E-state index in [1.165, 1.54) is 5.56 Å². The minimum atomic E-state index is 0.121. The fourth-order valence-electron chi connectivity index (χ4n) is 1.45. The zero-order valence-corrected chi connectivity index (χ0v) is 10.4. The van der Waals surface area contributed by atoms with Crippen LogP contribution in [0.5, 0.6) is 0 Å². The van der Waals surface area contributed by atoms with Gasteiger partial charge in [-0.1, -0.05) is 37.3 Å². The number of hydrogen-bond donors (Lipinski definition) is 1. The van der Waals surface area contributed by atoms with Crippen molar-refractivity contribution >= 4 is 5.91 Å². The quantitative estimate of drug-likeness (QED) is 0.703. The molecule has 1 N–H and O–H groups in total. The van der Waals surface area contributed by atoms with Crippen molar-refractivity contribution in [3.8, 4) is 0 Å². The molecule has 17 heavy (non-hydrogen) atoms. The summed E-state index contributed by atoms with van der Waals surface area (Å²) < 4.78 is 5.49. The fraction of sp³-hybridized carbons (Fsp3) is 0.500. The Balaban J connectivity index is 1.99. The topological polar surface area (TPSA) is 38.3 Å². The lowest BCUT2D eigenvalue weighted by molar-refractivity contribution is -0.121. The maximum atomic E-state index is 11.3. The first-order chi connectivity index (χ1) is 8.33. The zero-order valence-electron chi connectivity index (χ0n) is 10.4. The van der Waals surface area contributed by atoms with E-state index in [0.717, 1.165) is 19.4 Å². The predicted octanol–water partition coefficient (Wildman–Crippen LogP) is 2.51. The van der Waals surface area contributed by atoms with Gasteiger partial charge in [0.1, 0.15) is 0 Å². The number of rotatable bonds is 8. The molecule has 0 spiro atoms. The van der Waals surface area contributed by atoms with Crippen molar-refractivity contribution in [2.24, 2.45) is 0 Å². The van der Waals surface area contributed by atoms with Gasteiger partial charge in [0.15, 0.2) is 0 Å². The van der Waals surface area contributed by atoms with Crippen LogP contribution in [0.4, 0.5) is 0 Å². The highest BCUT2D eigenvalue weighted by atomic mass is 16.5. The molecule has 0 atom stereocenters. The summed E-state index contributed by atoms with van der Waals surface area (Å²) in [5.74, 6) is 0.121. The van der Waals surface area contributed by atoms with E-state index in [-0.39, 0.29) is 5.91 Å². The van der Waals surface area contributed by atoms with Crippen LogP contribution in [-0.2, 0) is 16.1 Å². The number of amides is 1. The largest absolute Gasteiger partial charge is 0.377 e. The van der Waals surface area contributed by atoms with Gasteiger partial charge in [-0.3, -0.25) is 4.79 Å². The summed E-state index contributed by atoms with van der Waals surface area (Å²) >= 11 is 0. The molecule has 0 fully saturated rings. The molecule has 1 aromatic rings.